The molecule has 0 aliphatic carbocycles. The van der Waals surface area contributed by atoms with E-state index in [0.29, 0.717) is 55.6 Å². The lowest BCUT2D eigenvalue weighted by atomic mass is 9.80. The molecule has 1 aromatic heterocycles. The number of nitrogens with one attached hydrogen (secondary N) is 1. The van der Waals surface area contributed by atoms with E-state index >= 15 is 0 Å². The molecule has 26 heavy (non-hydrogen) atoms. The lowest BCUT2D eigenvalue weighted by molar-refractivity contribution is -0.212. The molecular formula is C19H23FN2O4. The quantitative estimate of drug-likeness (QED) is 0.721. The van der Waals surface area contributed by atoms with Gasteiger partial charge in [0.1, 0.15) is 17.6 Å². The van der Waals surface area contributed by atoms with Gasteiger partial charge in [-0.2, -0.15) is 0 Å². The minimum Gasteiger partial charge on any atom is -0.390 e. The first kappa shape index (κ1) is 17.5. The van der Waals surface area contributed by atoms with Crippen molar-refractivity contribution < 1.29 is 24.1 Å². The van der Waals surface area contributed by atoms with Gasteiger partial charge in [-0.15, -0.1) is 0 Å². The Bertz CT molecular complexity index is 841. The predicted molar refractivity (Wildman–Crippen MR) is 93.4 cm³/mol. The van der Waals surface area contributed by atoms with Crippen LogP contribution in [0.25, 0.3) is 10.9 Å². The number of nitrogens with zero attached hydrogens (tertiary/aromatic N) is 1. The highest BCUT2D eigenvalue weighted by molar-refractivity contribution is 6.01. The second-order valence-electron chi connectivity index (χ2n) is 7.29. The number of ether oxygens (including phenoxy) is 1. The van der Waals surface area contributed by atoms with Crippen LogP contribution in [-0.2, 0) is 4.74 Å². The molecule has 3 N–H and O–H groups in total. The van der Waals surface area contributed by atoms with E-state index in [0.717, 1.165) is 5.56 Å². The lowest BCUT2D eigenvalue weighted by Crippen LogP contribution is -2.60. The number of aryl methyl sites for hydroxylation is 1. The number of H-pyrrole nitrogens is 1. The third-order valence-corrected chi connectivity index (χ3v) is 5.86. The van der Waals surface area contributed by atoms with Crippen LogP contribution in [0.3, 0.4) is 0 Å². The smallest absolute Gasteiger partial charge is 0.270 e. The number of aliphatic hydroxyl groups excluding tert-OH is 2. The number of aromatic amines is 1. The van der Waals surface area contributed by atoms with Crippen LogP contribution < -0.4 is 0 Å². The fourth-order valence-corrected chi connectivity index (χ4v) is 4.19. The Kier molecular flexibility index (Phi) is 4.25. The summed E-state index contributed by atoms with van der Waals surface area (Å²) in [5.74, 6) is -0.561. The van der Waals surface area contributed by atoms with Gasteiger partial charge in [-0.1, -0.05) is 12.1 Å². The number of carbonyl (C=O) groups excluding carboxylic acids is 1. The van der Waals surface area contributed by atoms with Crippen molar-refractivity contribution in [2.75, 3.05) is 19.7 Å². The van der Waals surface area contributed by atoms with Crippen LogP contribution in [-0.4, -0.2) is 63.5 Å². The summed E-state index contributed by atoms with van der Waals surface area (Å²) in [4.78, 5) is 17.6. The normalized spacial score (nSPS) is 25.8. The van der Waals surface area contributed by atoms with Crippen molar-refractivity contribution in [1.29, 1.82) is 0 Å². The van der Waals surface area contributed by atoms with E-state index in [2.05, 4.69) is 4.98 Å². The van der Waals surface area contributed by atoms with Gasteiger partial charge >= 0.3 is 0 Å². The molecule has 6 nitrogen and oxygen atoms in total. The number of carbonyl (C=O) groups is 1. The van der Waals surface area contributed by atoms with Gasteiger partial charge in [-0.05, 0) is 37.8 Å². The summed E-state index contributed by atoms with van der Waals surface area (Å²) in [5.41, 5.74) is 0.687. The largest absolute Gasteiger partial charge is 0.390 e. The first-order chi connectivity index (χ1) is 12.4. The lowest BCUT2D eigenvalue weighted by Gasteiger charge is -2.48. The van der Waals surface area contributed by atoms with Crippen LogP contribution in [0.15, 0.2) is 18.2 Å². The monoisotopic (exact) mass is 362 g/mol. The highest BCUT2D eigenvalue weighted by Crippen LogP contribution is 2.36. The van der Waals surface area contributed by atoms with E-state index in [4.69, 9.17) is 4.74 Å². The van der Waals surface area contributed by atoms with Gasteiger partial charge in [0, 0.05) is 18.5 Å². The Morgan fingerprint density at radius 3 is 2.77 bits per heavy atom. The zero-order valence-electron chi connectivity index (χ0n) is 14.7. The van der Waals surface area contributed by atoms with Gasteiger partial charge in [0.25, 0.3) is 5.91 Å². The minimum atomic E-state index is -0.933. The van der Waals surface area contributed by atoms with Crippen molar-refractivity contribution in [1.82, 2.24) is 9.88 Å². The number of piperidine rings is 1. The zero-order chi connectivity index (χ0) is 18.5. The van der Waals surface area contributed by atoms with Gasteiger partial charge in [-0.25, -0.2) is 4.39 Å². The van der Waals surface area contributed by atoms with E-state index < -0.39 is 17.8 Å². The third-order valence-electron chi connectivity index (χ3n) is 5.86. The van der Waals surface area contributed by atoms with Crippen LogP contribution in [0.1, 0.15) is 35.3 Å². The summed E-state index contributed by atoms with van der Waals surface area (Å²) in [6.07, 6.45) is -0.372. The minimum absolute atomic E-state index is 0.182. The molecule has 2 fully saturated rings. The SMILES string of the molecule is Cc1c(C(=O)N2CCC3(CC2)OCC[C@H](O)[C@@H]3O)[nH]c2c(F)cccc12. The van der Waals surface area contributed by atoms with Crippen molar-refractivity contribution in [3.05, 3.63) is 35.3 Å². The van der Waals surface area contributed by atoms with Gasteiger partial charge in [0.2, 0.25) is 0 Å². The molecule has 0 unspecified atom stereocenters. The van der Waals surface area contributed by atoms with Crippen molar-refractivity contribution in [2.24, 2.45) is 0 Å². The van der Waals surface area contributed by atoms with Gasteiger partial charge in [0.05, 0.1) is 23.8 Å². The highest BCUT2D eigenvalue weighted by atomic mass is 19.1. The average Bonchev–Trinajstić information content (AvgIpc) is 2.98. The van der Waals surface area contributed by atoms with E-state index in [9.17, 15) is 19.4 Å². The summed E-state index contributed by atoms with van der Waals surface area (Å²) in [7, 11) is 0. The van der Waals surface area contributed by atoms with Crippen LogP contribution in [0.2, 0.25) is 0 Å². The number of likely N-dealkylation sites (tertiary alicyclic amines) is 1. The molecule has 2 aliphatic heterocycles. The fourth-order valence-electron chi connectivity index (χ4n) is 4.19. The molecule has 1 amide bonds. The van der Waals surface area contributed by atoms with Gasteiger partial charge < -0.3 is 24.8 Å². The van der Waals surface area contributed by atoms with E-state index in [1.54, 1.807) is 24.0 Å². The first-order valence-electron chi connectivity index (χ1n) is 8.99. The Morgan fingerprint density at radius 2 is 2.08 bits per heavy atom. The molecule has 4 rings (SSSR count). The number of fused-ring (bicyclic) bond motifs is 1. The second kappa shape index (κ2) is 6.33. The molecule has 2 saturated heterocycles. The molecule has 7 heteroatoms. The molecule has 0 radical (unpaired) electrons. The summed E-state index contributed by atoms with van der Waals surface area (Å²) in [6.45, 7) is 3.05. The number of halogens is 1. The van der Waals surface area contributed by atoms with E-state index in [-0.39, 0.29) is 11.7 Å². The third kappa shape index (κ3) is 2.62. The molecule has 0 bridgehead atoms. The molecule has 3 heterocycles. The molecule has 2 atom stereocenters. The first-order valence-corrected chi connectivity index (χ1v) is 8.99. The zero-order valence-corrected chi connectivity index (χ0v) is 14.7. The number of aliphatic hydroxyl groups is 2. The number of aromatic nitrogens is 1. The van der Waals surface area contributed by atoms with Crippen LogP contribution in [0.4, 0.5) is 4.39 Å². The van der Waals surface area contributed by atoms with E-state index in [1.807, 2.05) is 0 Å². The summed E-state index contributed by atoms with van der Waals surface area (Å²) in [5, 5.41) is 21.0. The number of rotatable bonds is 1. The number of amides is 1. The summed E-state index contributed by atoms with van der Waals surface area (Å²) < 4.78 is 19.8. The number of para-hydroxylation sites is 1. The Morgan fingerprint density at radius 1 is 1.35 bits per heavy atom. The average molecular weight is 362 g/mol. The van der Waals surface area contributed by atoms with Gasteiger partial charge in [0.15, 0.2) is 0 Å². The topological polar surface area (TPSA) is 85.8 Å². The maximum atomic E-state index is 14.0. The molecule has 2 aliphatic rings. The van der Waals surface area contributed by atoms with Crippen molar-refractivity contribution in [3.63, 3.8) is 0 Å². The fraction of sp³-hybridized carbons (Fsp3) is 0.526. The Labute approximate surface area is 150 Å². The van der Waals surface area contributed by atoms with Crippen LogP contribution in [0, 0.1) is 12.7 Å². The second-order valence-corrected chi connectivity index (χ2v) is 7.29. The standard InChI is InChI=1S/C19H23FN2O4/c1-11-12-3-2-4-13(20)16(12)21-15(11)18(25)22-8-6-19(7-9-22)17(24)14(23)5-10-26-19/h2-4,14,17,21,23-24H,5-10H2,1H3/t14-,17-/m0/s1. The van der Waals surface area contributed by atoms with Crippen LogP contribution >= 0.6 is 0 Å². The summed E-state index contributed by atoms with van der Waals surface area (Å²) >= 11 is 0. The Hall–Kier alpha value is -1.96. The molecule has 1 spiro atoms. The number of benzene rings is 1. The summed E-state index contributed by atoms with van der Waals surface area (Å²) in [6, 6.07) is 4.79. The molecule has 1 aromatic carbocycles. The van der Waals surface area contributed by atoms with E-state index in [1.165, 1.54) is 6.07 Å². The van der Waals surface area contributed by atoms with Crippen molar-refractivity contribution >= 4 is 16.8 Å². The van der Waals surface area contributed by atoms with Crippen molar-refractivity contribution in [2.45, 2.75) is 44.0 Å². The Balaban J connectivity index is 1.54. The number of hydrogen-bond acceptors (Lipinski definition) is 4. The molecular weight excluding hydrogens is 339 g/mol. The van der Waals surface area contributed by atoms with Gasteiger partial charge in [-0.3, -0.25) is 4.79 Å². The van der Waals surface area contributed by atoms with Crippen molar-refractivity contribution in [3.8, 4) is 0 Å². The highest BCUT2D eigenvalue weighted by Gasteiger charge is 2.48. The maximum Gasteiger partial charge on any atom is 0.270 e. The molecule has 0 saturated carbocycles. The molecule has 2 aromatic rings. The molecule has 140 valence electrons. The maximum absolute atomic E-state index is 14.0. The predicted octanol–water partition coefficient (Wildman–Crippen LogP) is 1.73. The van der Waals surface area contributed by atoms with Crippen LogP contribution in [0.5, 0.6) is 0 Å². The number of hydrogen-bond donors (Lipinski definition) is 3.